The summed E-state index contributed by atoms with van der Waals surface area (Å²) in [5, 5.41) is 3.41. The number of nitrogens with zero attached hydrogens (tertiary/aromatic N) is 3. The summed E-state index contributed by atoms with van der Waals surface area (Å²) < 4.78 is 0. The lowest BCUT2D eigenvalue weighted by Crippen LogP contribution is -2.23. The molecule has 0 saturated carbocycles. The molecule has 0 aliphatic heterocycles. The molecule has 0 fully saturated rings. The highest BCUT2D eigenvalue weighted by Gasteiger charge is 2.10. The van der Waals surface area contributed by atoms with Gasteiger partial charge >= 0.3 is 0 Å². The molecular formula is C21H24N4. The molecule has 128 valence electrons. The summed E-state index contributed by atoms with van der Waals surface area (Å²) in [5.74, 6) is 2.59. The van der Waals surface area contributed by atoms with Crippen LogP contribution in [0.3, 0.4) is 0 Å². The zero-order valence-electron chi connectivity index (χ0n) is 14.8. The maximum absolute atomic E-state index is 4.63. The largest absolute Gasteiger partial charge is 0.366 e. The van der Waals surface area contributed by atoms with E-state index < -0.39 is 0 Å². The lowest BCUT2D eigenvalue weighted by molar-refractivity contribution is 0.804. The smallest absolute Gasteiger partial charge is 0.134 e. The summed E-state index contributed by atoms with van der Waals surface area (Å²) >= 11 is 0. The minimum Gasteiger partial charge on any atom is -0.366 e. The van der Waals surface area contributed by atoms with Crippen molar-refractivity contribution in [1.29, 1.82) is 0 Å². The van der Waals surface area contributed by atoms with Crippen molar-refractivity contribution in [2.75, 3.05) is 16.8 Å². The average Bonchev–Trinajstić information content (AvgIpc) is 2.66. The predicted molar refractivity (Wildman–Crippen MR) is 104 cm³/mol. The molecule has 4 nitrogen and oxygen atoms in total. The van der Waals surface area contributed by atoms with Crippen LogP contribution in [-0.2, 0) is 13.1 Å². The van der Waals surface area contributed by atoms with Crippen LogP contribution >= 0.6 is 0 Å². The maximum atomic E-state index is 4.63. The molecule has 0 unspecified atom stereocenters. The lowest BCUT2D eigenvalue weighted by atomic mass is 10.2. The van der Waals surface area contributed by atoms with E-state index in [4.69, 9.17) is 0 Å². The Hall–Kier alpha value is -2.88. The molecule has 4 heteroatoms. The Bertz CT molecular complexity index is 788. The van der Waals surface area contributed by atoms with Gasteiger partial charge in [0.2, 0.25) is 0 Å². The summed E-state index contributed by atoms with van der Waals surface area (Å²) in [5.41, 5.74) is 2.51. The van der Waals surface area contributed by atoms with E-state index >= 15 is 0 Å². The van der Waals surface area contributed by atoms with Gasteiger partial charge < -0.3 is 10.2 Å². The van der Waals surface area contributed by atoms with Gasteiger partial charge in [-0.2, -0.15) is 0 Å². The molecule has 1 heterocycles. The molecule has 3 rings (SSSR count). The first kappa shape index (κ1) is 17.0. The molecule has 1 aromatic heterocycles. The van der Waals surface area contributed by atoms with E-state index in [0.717, 1.165) is 37.1 Å². The summed E-state index contributed by atoms with van der Waals surface area (Å²) in [4.78, 5) is 11.4. The van der Waals surface area contributed by atoms with E-state index in [1.165, 1.54) is 11.1 Å². The third-order valence-corrected chi connectivity index (χ3v) is 4.06. The minimum absolute atomic E-state index is 0.752. The molecule has 3 aromatic rings. The van der Waals surface area contributed by atoms with E-state index in [-0.39, 0.29) is 0 Å². The third kappa shape index (κ3) is 4.80. The first-order valence-corrected chi connectivity index (χ1v) is 8.67. The van der Waals surface area contributed by atoms with Crippen molar-refractivity contribution in [2.45, 2.75) is 26.9 Å². The number of aromatic nitrogens is 2. The monoisotopic (exact) mass is 332 g/mol. The molecule has 0 amide bonds. The molecule has 0 atom stereocenters. The second-order valence-electron chi connectivity index (χ2n) is 6.00. The Morgan fingerprint density at radius 1 is 0.880 bits per heavy atom. The zero-order chi connectivity index (χ0) is 17.5. The number of rotatable bonds is 7. The number of aryl methyl sites for hydroxylation is 1. The van der Waals surface area contributed by atoms with Crippen molar-refractivity contribution in [1.82, 2.24) is 9.97 Å². The van der Waals surface area contributed by atoms with E-state index in [2.05, 4.69) is 63.5 Å². The highest BCUT2D eigenvalue weighted by Crippen LogP contribution is 2.19. The summed E-state index contributed by atoms with van der Waals surface area (Å²) in [6, 6.07) is 22.8. The predicted octanol–water partition coefficient (Wildman–Crippen LogP) is 4.42. The van der Waals surface area contributed by atoms with Crippen molar-refractivity contribution < 1.29 is 0 Å². The molecular weight excluding hydrogens is 308 g/mol. The molecule has 0 bridgehead atoms. The Morgan fingerprint density at radius 3 is 2.16 bits per heavy atom. The zero-order valence-corrected chi connectivity index (χ0v) is 14.8. The number of anilines is 2. The van der Waals surface area contributed by atoms with Crippen LogP contribution in [0.5, 0.6) is 0 Å². The highest BCUT2D eigenvalue weighted by molar-refractivity contribution is 5.50. The Balaban J connectivity index is 1.75. The van der Waals surface area contributed by atoms with Crippen molar-refractivity contribution in [3.63, 3.8) is 0 Å². The number of hydrogen-bond donors (Lipinski definition) is 1. The SMILES string of the molecule is CCN(Cc1ccccc1)c1cc(NCc2ccccc2)nc(C)n1. The molecule has 0 aliphatic carbocycles. The standard InChI is InChI=1S/C21H24N4/c1-3-25(16-19-12-8-5-9-13-19)21-14-20(23-17(2)24-21)22-15-18-10-6-4-7-11-18/h4-14H,3,15-16H2,1-2H3,(H,22,23,24). The van der Waals surface area contributed by atoms with Gasteiger partial charge in [-0.1, -0.05) is 60.7 Å². The van der Waals surface area contributed by atoms with E-state index in [1.54, 1.807) is 0 Å². The van der Waals surface area contributed by atoms with Crippen LogP contribution in [0.4, 0.5) is 11.6 Å². The van der Waals surface area contributed by atoms with Gasteiger partial charge in [0.15, 0.2) is 0 Å². The molecule has 2 aromatic carbocycles. The first-order chi connectivity index (χ1) is 12.2. The first-order valence-electron chi connectivity index (χ1n) is 8.67. The van der Waals surface area contributed by atoms with Crippen LogP contribution in [0.1, 0.15) is 23.9 Å². The summed E-state index contributed by atoms with van der Waals surface area (Å²) in [6.45, 7) is 6.57. The fourth-order valence-electron chi connectivity index (χ4n) is 2.75. The molecule has 0 spiro atoms. The fraction of sp³-hybridized carbons (Fsp3) is 0.238. The molecule has 1 N–H and O–H groups in total. The van der Waals surface area contributed by atoms with Crippen molar-refractivity contribution >= 4 is 11.6 Å². The van der Waals surface area contributed by atoms with Gasteiger partial charge in [-0.05, 0) is 25.0 Å². The fourth-order valence-corrected chi connectivity index (χ4v) is 2.75. The number of benzene rings is 2. The Kier molecular flexibility index (Phi) is 5.62. The normalized spacial score (nSPS) is 10.5. The lowest BCUT2D eigenvalue weighted by Gasteiger charge is -2.23. The number of nitrogens with one attached hydrogen (secondary N) is 1. The van der Waals surface area contributed by atoms with Crippen LogP contribution in [-0.4, -0.2) is 16.5 Å². The van der Waals surface area contributed by atoms with E-state index in [1.807, 2.05) is 37.3 Å². The third-order valence-electron chi connectivity index (χ3n) is 4.06. The van der Waals surface area contributed by atoms with Gasteiger partial charge in [0, 0.05) is 25.7 Å². The van der Waals surface area contributed by atoms with Gasteiger partial charge in [-0.3, -0.25) is 0 Å². The Labute approximate surface area is 149 Å². The van der Waals surface area contributed by atoms with Gasteiger partial charge in [-0.15, -0.1) is 0 Å². The van der Waals surface area contributed by atoms with E-state index in [9.17, 15) is 0 Å². The van der Waals surface area contributed by atoms with Crippen molar-refractivity contribution in [3.8, 4) is 0 Å². The van der Waals surface area contributed by atoms with Crippen LogP contribution in [0.2, 0.25) is 0 Å². The topological polar surface area (TPSA) is 41.0 Å². The maximum Gasteiger partial charge on any atom is 0.134 e. The molecule has 25 heavy (non-hydrogen) atoms. The van der Waals surface area contributed by atoms with Crippen LogP contribution in [0.15, 0.2) is 66.7 Å². The second kappa shape index (κ2) is 8.29. The Morgan fingerprint density at radius 2 is 1.52 bits per heavy atom. The van der Waals surface area contributed by atoms with E-state index in [0.29, 0.717) is 0 Å². The van der Waals surface area contributed by atoms with Crippen LogP contribution in [0, 0.1) is 6.92 Å². The van der Waals surface area contributed by atoms with Crippen molar-refractivity contribution in [3.05, 3.63) is 83.7 Å². The average molecular weight is 332 g/mol. The minimum atomic E-state index is 0.752. The van der Waals surface area contributed by atoms with Gasteiger partial charge in [-0.25, -0.2) is 9.97 Å². The quantitative estimate of drug-likeness (QED) is 0.695. The van der Waals surface area contributed by atoms with Crippen molar-refractivity contribution in [2.24, 2.45) is 0 Å². The van der Waals surface area contributed by atoms with Gasteiger partial charge in [0.25, 0.3) is 0 Å². The van der Waals surface area contributed by atoms with Crippen LogP contribution in [0.25, 0.3) is 0 Å². The van der Waals surface area contributed by atoms with Crippen LogP contribution < -0.4 is 10.2 Å². The second-order valence-corrected chi connectivity index (χ2v) is 6.00. The highest BCUT2D eigenvalue weighted by atomic mass is 15.2. The summed E-state index contributed by atoms with van der Waals surface area (Å²) in [7, 11) is 0. The molecule has 0 radical (unpaired) electrons. The van der Waals surface area contributed by atoms with Gasteiger partial charge in [0.05, 0.1) is 0 Å². The molecule has 0 aliphatic rings. The molecule has 0 saturated heterocycles. The number of hydrogen-bond acceptors (Lipinski definition) is 4. The van der Waals surface area contributed by atoms with Gasteiger partial charge in [0.1, 0.15) is 17.5 Å². The summed E-state index contributed by atoms with van der Waals surface area (Å²) in [6.07, 6.45) is 0.